The molecule has 0 amide bonds. The normalized spacial score (nSPS) is 14.0. The second-order valence-electron chi connectivity index (χ2n) is 15.4. The molecule has 60 heavy (non-hydrogen) atoms. The monoisotopic (exact) mass is 769 g/mol. The maximum atomic E-state index is 6.54. The predicted octanol–water partition coefficient (Wildman–Crippen LogP) is 14.8. The number of hydrogen-bond acceptors (Lipinski definition) is 5. The van der Waals surface area contributed by atoms with Crippen LogP contribution in [-0.4, -0.2) is 15.0 Å². The summed E-state index contributed by atoms with van der Waals surface area (Å²) in [6, 6.07) is 59.1. The first-order valence-corrected chi connectivity index (χ1v) is 20.4. The summed E-state index contributed by atoms with van der Waals surface area (Å²) in [4.78, 5) is 16.2. The van der Waals surface area contributed by atoms with Gasteiger partial charge in [-0.2, -0.15) is 0 Å². The van der Waals surface area contributed by atoms with Crippen LogP contribution in [0.3, 0.4) is 0 Å². The van der Waals surface area contributed by atoms with Gasteiger partial charge in [-0.05, 0) is 87.5 Å². The molecule has 3 aromatic heterocycles. The molecule has 1 atom stereocenters. The second-order valence-corrected chi connectivity index (χ2v) is 15.4. The van der Waals surface area contributed by atoms with E-state index in [-0.39, 0.29) is 0 Å². The molecule has 0 N–H and O–H groups in total. The average Bonchev–Trinajstić information content (AvgIpc) is 3.89. The van der Waals surface area contributed by atoms with E-state index in [4.69, 9.17) is 23.8 Å². The smallest absolute Gasteiger partial charge is 0.165 e. The fourth-order valence-corrected chi connectivity index (χ4v) is 9.02. The third kappa shape index (κ3) is 5.66. The Morgan fingerprint density at radius 2 is 1.05 bits per heavy atom. The first-order valence-electron chi connectivity index (χ1n) is 20.4. The summed E-state index contributed by atoms with van der Waals surface area (Å²) in [6.07, 6.45) is 9.74. The number of allylic oxidation sites excluding steroid dienone is 4. The summed E-state index contributed by atoms with van der Waals surface area (Å²) in [7, 11) is 0. The predicted molar refractivity (Wildman–Crippen MR) is 245 cm³/mol. The number of para-hydroxylation sites is 2. The highest BCUT2D eigenvalue weighted by Gasteiger charge is 2.24. The zero-order chi connectivity index (χ0) is 39.6. The van der Waals surface area contributed by atoms with Gasteiger partial charge in [-0.25, -0.2) is 15.0 Å². The van der Waals surface area contributed by atoms with Crippen LogP contribution in [0.5, 0.6) is 0 Å². The Morgan fingerprint density at radius 3 is 1.88 bits per heavy atom. The lowest BCUT2D eigenvalue weighted by atomic mass is 9.88. The number of rotatable bonds is 6. The molecule has 282 valence electrons. The van der Waals surface area contributed by atoms with Crippen LogP contribution in [0.15, 0.2) is 203 Å². The van der Waals surface area contributed by atoms with E-state index in [1.165, 1.54) is 5.56 Å². The standard InChI is InChI=1S/C55H35N3O2/c1-3-14-34(15-4-1)36-18-13-19-37(32-36)40-30-31-49-51(46-23-10-12-25-48(46)59-49)52(40)55-57-53(38-26-27-44-43-22-9-11-24-47(43)60-50(44)33-38)56-54(58-55)45-29-28-39(35-16-5-2-6-17-35)41-20-7-8-21-42(41)45/h1-14,16-34H,15H2. The largest absolute Gasteiger partial charge is 0.456 e. The molecule has 5 heteroatoms. The number of benzene rings is 8. The zero-order valence-electron chi connectivity index (χ0n) is 32.4. The van der Waals surface area contributed by atoms with Crippen LogP contribution in [0, 0.1) is 0 Å². The molecule has 0 fully saturated rings. The topological polar surface area (TPSA) is 65.0 Å². The molecule has 0 aliphatic heterocycles. The van der Waals surface area contributed by atoms with Gasteiger partial charge in [0.2, 0.25) is 0 Å². The van der Waals surface area contributed by atoms with E-state index < -0.39 is 0 Å². The van der Waals surface area contributed by atoms with Crippen molar-refractivity contribution in [3.05, 3.63) is 200 Å². The summed E-state index contributed by atoms with van der Waals surface area (Å²) in [5, 5.41) is 6.28. The zero-order valence-corrected chi connectivity index (χ0v) is 32.4. The summed E-state index contributed by atoms with van der Waals surface area (Å²) in [6.45, 7) is 0. The van der Waals surface area contributed by atoms with Crippen molar-refractivity contribution in [2.45, 2.75) is 12.3 Å². The Bertz CT molecular complexity index is 3540. The van der Waals surface area contributed by atoms with Crippen molar-refractivity contribution in [1.82, 2.24) is 15.0 Å². The molecule has 0 radical (unpaired) electrons. The van der Waals surface area contributed by atoms with Crippen molar-refractivity contribution >= 4 is 54.6 Å². The summed E-state index contributed by atoms with van der Waals surface area (Å²) in [5.41, 5.74) is 11.5. The van der Waals surface area contributed by atoms with E-state index in [2.05, 4.69) is 164 Å². The van der Waals surface area contributed by atoms with Gasteiger partial charge in [0.25, 0.3) is 0 Å². The van der Waals surface area contributed by atoms with Gasteiger partial charge in [-0.3, -0.25) is 0 Å². The molecule has 11 aromatic rings. The van der Waals surface area contributed by atoms with Crippen LogP contribution >= 0.6 is 0 Å². The first-order chi connectivity index (χ1) is 29.7. The van der Waals surface area contributed by atoms with E-state index in [1.54, 1.807) is 0 Å². The van der Waals surface area contributed by atoms with Crippen molar-refractivity contribution in [3.8, 4) is 56.4 Å². The lowest BCUT2D eigenvalue weighted by Gasteiger charge is -2.17. The van der Waals surface area contributed by atoms with E-state index in [0.29, 0.717) is 23.4 Å². The highest BCUT2D eigenvalue weighted by atomic mass is 16.3. The van der Waals surface area contributed by atoms with Crippen LogP contribution < -0.4 is 0 Å². The Labute approximate surface area is 345 Å². The minimum Gasteiger partial charge on any atom is -0.456 e. The SMILES string of the molecule is C1=CCC(c2cccc(-c3ccc4oc5ccccc5c4c3-c3nc(-c4ccc5c(c4)oc4ccccc45)nc(-c4ccc(-c5ccccc5)c5ccccc45)n3)c2)C=C1. The molecule has 1 aliphatic carbocycles. The Balaban J connectivity index is 1.15. The minimum atomic E-state index is 0.299. The lowest BCUT2D eigenvalue weighted by molar-refractivity contribution is 0.668. The van der Waals surface area contributed by atoms with Gasteiger partial charge in [-0.15, -0.1) is 0 Å². The molecule has 12 rings (SSSR count). The van der Waals surface area contributed by atoms with Crippen molar-refractivity contribution < 1.29 is 8.83 Å². The van der Waals surface area contributed by atoms with Crippen LogP contribution in [0.25, 0.3) is 111 Å². The molecular weight excluding hydrogens is 735 g/mol. The fourth-order valence-electron chi connectivity index (χ4n) is 9.02. The van der Waals surface area contributed by atoms with Crippen LogP contribution in [0.4, 0.5) is 0 Å². The van der Waals surface area contributed by atoms with Gasteiger partial charge in [0, 0.05) is 44.2 Å². The van der Waals surface area contributed by atoms with Crippen molar-refractivity contribution in [3.63, 3.8) is 0 Å². The highest BCUT2D eigenvalue weighted by Crippen LogP contribution is 2.44. The van der Waals surface area contributed by atoms with E-state index >= 15 is 0 Å². The highest BCUT2D eigenvalue weighted by molar-refractivity contribution is 6.15. The average molecular weight is 770 g/mol. The lowest BCUT2D eigenvalue weighted by Crippen LogP contribution is -2.02. The third-order valence-electron chi connectivity index (χ3n) is 11.9. The molecular formula is C55H35N3O2. The number of nitrogens with zero attached hydrogens (tertiary/aromatic N) is 3. The Morgan fingerprint density at radius 1 is 0.400 bits per heavy atom. The first kappa shape index (κ1) is 34.2. The van der Waals surface area contributed by atoms with Gasteiger partial charge >= 0.3 is 0 Å². The third-order valence-corrected chi connectivity index (χ3v) is 11.9. The van der Waals surface area contributed by atoms with E-state index in [1.807, 2.05) is 30.3 Å². The minimum absolute atomic E-state index is 0.299. The molecule has 8 aromatic carbocycles. The van der Waals surface area contributed by atoms with Gasteiger partial charge < -0.3 is 8.83 Å². The number of fused-ring (bicyclic) bond motifs is 7. The number of hydrogen-bond donors (Lipinski definition) is 0. The summed E-state index contributed by atoms with van der Waals surface area (Å²) >= 11 is 0. The fraction of sp³-hybridized carbons (Fsp3) is 0.0364. The summed E-state index contributed by atoms with van der Waals surface area (Å²) in [5.74, 6) is 2.00. The molecule has 0 bridgehead atoms. The van der Waals surface area contributed by atoms with E-state index in [0.717, 1.165) is 100 Å². The number of aromatic nitrogens is 3. The summed E-state index contributed by atoms with van der Waals surface area (Å²) < 4.78 is 12.9. The van der Waals surface area contributed by atoms with Gasteiger partial charge in [0.05, 0.1) is 0 Å². The quantitative estimate of drug-likeness (QED) is 0.168. The molecule has 1 aliphatic rings. The van der Waals surface area contributed by atoms with Crippen molar-refractivity contribution in [2.75, 3.05) is 0 Å². The van der Waals surface area contributed by atoms with Gasteiger partial charge in [0.1, 0.15) is 22.3 Å². The van der Waals surface area contributed by atoms with Gasteiger partial charge in [-0.1, -0.05) is 152 Å². The molecule has 0 spiro atoms. The molecule has 1 unspecified atom stereocenters. The van der Waals surface area contributed by atoms with Crippen molar-refractivity contribution in [1.29, 1.82) is 0 Å². The van der Waals surface area contributed by atoms with Crippen LogP contribution in [0.1, 0.15) is 17.9 Å². The number of furan rings is 2. The molecule has 5 nitrogen and oxygen atoms in total. The Hall–Kier alpha value is -7.89. The second kappa shape index (κ2) is 13.9. The Kier molecular flexibility index (Phi) is 7.91. The van der Waals surface area contributed by atoms with Crippen LogP contribution in [-0.2, 0) is 0 Å². The molecule has 3 heterocycles. The van der Waals surface area contributed by atoms with Gasteiger partial charge in [0.15, 0.2) is 17.5 Å². The molecule has 0 saturated heterocycles. The van der Waals surface area contributed by atoms with Crippen LogP contribution in [0.2, 0.25) is 0 Å². The maximum Gasteiger partial charge on any atom is 0.165 e. The maximum absolute atomic E-state index is 6.54. The van der Waals surface area contributed by atoms with E-state index in [9.17, 15) is 0 Å². The van der Waals surface area contributed by atoms with Crippen molar-refractivity contribution in [2.24, 2.45) is 0 Å². The molecule has 0 saturated carbocycles.